The third-order valence-corrected chi connectivity index (χ3v) is 5.00. The quantitative estimate of drug-likeness (QED) is 0.446. The molecule has 0 amide bonds. The van der Waals surface area contributed by atoms with Crippen LogP contribution in [0.25, 0.3) is 11.3 Å². The zero-order chi connectivity index (χ0) is 21.3. The lowest BCUT2D eigenvalue weighted by atomic mass is 10.3. The average molecular weight is 434 g/mol. The van der Waals surface area contributed by atoms with Crippen molar-refractivity contribution >= 4 is 17.4 Å². The number of ether oxygens (including phenoxy) is 1. The first-order valence-electron chi connectivity index (χ1n) is 8.55. The average Bonchev–Trinajstić information content (AvgIpc) is 3.15. The first-order chi connectivity index (χ1) is 14.3. The number of aromatic nitrogens is 6. The van der Waals surface area contributed by atoms with Crippen molar-refractivity contribution in [2.75, 3.05) is 0 Å². The Morgan fingerprint density at radius 1 is 1.17 bits per heavy atom. The Hall–Kier alpha value is -3.41. The summed E-state index contributed by atoms with van der Waals surface area (Å²) >= 11 is 1.24. The molecule has 30 heavy (non-hydrogen) atoms. The van der Waals surface area contributed by atoms with Crippen molar-refractivity contribution in [1.29, 1.82) is 0 Å². The van der Waals surface area contributed by atoms with Gasteiger partial charge in [-0.25, -0.2) is 4.98 Å². The molecule has 0 N–H and O–H groups in total. The van der Waals surface area contributed by atoms with E-state index in [0.29, 0.717) is 27.9 Å². The molecule has 4 rings (SSSR count). The second-order valence-corrected chi connectivity index (χ2v) is 7.12. The summed E-state index contributed by atoms with van der Waals surface area (Å²) in [4.78, 5) is 16.8. The summed E-state index contributed by atoms with van der Waals surface area (Å²) in [5.74, 6) is -0.0138. The zero-order valence-corrected chi connectivity index (χ0v) is 16.2. The van der Waals surface area contributed by atoms with E-state index in [1.807, 2.05) is 13.0 Å². The summed E-state index contributed by atoms with van der Waals surface area (Å²) in [6, 6.07) is 10.2. The molecule has 154 valence electrons. The summed E-state index contributed by atoms with van der Waals surface area (Å²) in [6.45, 7) is 1.87. The highest BCUT2D eigenvalue weighted by atomic mass is 32.2. The molecule has 1 aromatic carbocycles. The van der Waals surface area contributed by atoms with Gasteiger partial charge in [0.25, 0.3) is 5.56 Å². The van der Waals surface area contributed by atoms with Crippen molar-refractivity contribution in [2.45, 2.75) is 24.2 Å². The molecule has 0 atom stereocenters. The fourth-order valence-corrected chi connectivity index (χ4v) is 3.52. The van der Waals surface area contributed by atoms with Gasteiger partial charge in [-0.3, -0.25) is 9.20 Å². The Morgan fingerprint density at radius 2 is 1.93 bits per heavy atom. The second-order valence-electron chi connectivity index (χ2n) is 6.17. The number of hydrogen-bond acceptors (Lipinski definition) is 7. The van der Waals surface area contributed by atoms with E-state index in [-0.39, 0.29) is 11.3 Å². The van der Waals surface area contributed by atoms with E-state index < -0.39 is 6.36 Å². The van der Waals surface area contributed by atoms with Gasteiger partial charge < -0.3 is 4.74 Å². The normalized spacial score (nSPS) is 11.7. The highest BCUT2D eigenvalue weighted by molar-refractivity contribution is 7.98. The first kappa shape index (κ1) is 19.9. The predicted molar refractivity (Wildman–Crippen MR) is 102 cm³/mol. The number of aryl methyl sites for hydroxylation is 1. The van der Waals surface area contributed by atoms with Crippen LogP contribution in [-0.4, -0.2) is 36.0 Å². The second kappa shape index (κ2) is 7.78. The lowest BCUT2D eigenvalue weighted by Gasteiger charge is -2.09. The molecule has 0 spiro atoms. The maximum absolute atomic E-state index is 12.3. The van der Waals surface area contributed by atoms with Gasteiger partial charge in [0.15, 0.2) is 0 Å². The van der Waals surface area contributed by atoms with E-state index in [1.165, 1.54) is 51.2 Å². The molecule has 4 aromatic rings. The molecule has 3 aromatic heterocycles. The van der Waals surface area contributed by atoms with Gasteiger partial charge in [-0.2, -0.15) is 4.68 Å². The molecule has 0 unspecified atom stereocenters. The minimum Gasteiger partial charge on any atom is -0.406 e. The van der Waals surface area contributed by atoms with Gasteiger partial charge in [0.2, 0.25) is 5.16 Å². The van der Waals surface area contributed by atoms with E-state index in [9.17, 15) is 18.0 Å². The molecule has 0 bridgehead atoms. The number of halogens is 3. The molecular formula is C18H13F3N6O2S. The SMILES string of the molecule is Cc1cccn2c(=O)cc(CSc3nnnn3-c3ccc(OC(F)(F)F)cc3)nc12. The van der Waals surface area contributed by atoms with Gasteiger partial charge in [0.05, 0.1) is 11.4 Å². The molecule has 0 aliphatic rings. The van der Waals surface area contributed by atoms with Crippen LogP contribution >= 0.6 is 11.8 Å². The summed E-state index contributed by atoms with van der Waals surface area (Å²) in [5.41, 5.74) is 2.26. The number of benzene rings is 1. The number of rotatable bonds is 5. The molecule has 0 fully saturated rings. The third kappa shape index (κ3) is 4.27. The van der Waals surface area contributed by atoms with Crippen molar-refractivity contribution in [3.63, 3.8) is 0 Å². The van der Waals surface area contributed by atoms with E-state index >= 15 is 0 Å². The first-order valence-corrected chi connectivity index (χ1v) is 9.54. The summed E-state index contributed by atoms with van der Waals surface area (Å²) in [7, 11) is 0. The Kier molecular flexibility index (Phi) is 5.16. The fraction of sp³-hybridized carbons (Fsp3) is 0.167. The largest absolute Gasteiger partial charge is 0.573 e. The highest BCUT2D eigenvalue weighted by Crippen LogP contribution is 2.26. The summed E-state index contributed by atoms with van der Waals surface area (Å²) in [6.07, 6.45) is -3.11. The van der Waals surface area contributed by atoms with E-state index in [4.69, 9.17) is 0 Å². The fourth-order valence-electron chi connectivity index (χ4n) is 2.74. The standard InChI is InChI=1S/C18H13F3N6O2S/c1-11-3-2-8-26-15(28)9-12(22-16(11)26)10-30-17-23-24-25-27(17)13-4-6-14(7-5-13)29-18(19,20)21/h2-9H,10H2,1H3. The Bertz CT molecular complexity index is 1250. The summed E-state index contributed by atoms with van der Waals surface area (Å²) < 4.78 is 43.6. The lowest BCUT2D eigenvalue weighted by molar-refractivity contribution is -0.274. The number of alkyl halides is 3. The van der Waals surface area contributed by atoms with Gasteiger partial charge in [-0.15, -0.1) is 18.3 Å². The molecule has 8 nitrogen and oxygen atoms in total. The number of pyridine rings is 1. The molecule has 3 heterocycles. The molecule has 0 saturated carbocycles. The van der Waals surface area contributed by atoms with E-state index in [1.54, 1.807) is 12.3 Å². The smallest absolute Gasteiger partial charge is 0.406 e. The van der Waals surface area contributed by atoms with Gasteiger partial charge in [0.1, 0.15) is 11.4 Å². The monoisotopic (exact) mass is 434 g/mol. The van der Waals surface area contributed by atoms with Crippen molar-refractivity contribution in [2.24, 2.45) is 0 Å². The van der Waals surface area contributed by atoms with E-state index in [2.05, 4.69) is 25.2 Å². The number of fused-ring (bicyclic) bond motifs is 1. The molecule has 12 heteroatoms. The number of nitrogens with zero attached hydrogens (tertiary/aromatic N) is 6. The minimum atomic E-state index is -4.76. The molecule has 0 aliphatic carbocycles. The van der Waals surface area contributed by atoms with Crippen molar-refractivity contribution < 1.29 is 17.9 Å². The molecule has 0 radical (unpaired) electrons. The summed E-state index contributed by atoms with van der Waals surface area (Å²) in [5, 5.41) is 11.8. The zero-order valence-electron chi connectivity index (χ0n) is 15.4. The molecule has 0 aliphatic heterocycles. The van der Waals surface area contributed by atoms with Crippen LogP contribution in [0.4, 0.5) is 13.2 Å². The van der Waals surface area contributed by atoms with Gasteiger partial charge >= 0.3 is 6.36 Å². The molecular weight excluding hydrogens is 421 g/mol. The van der Waals surface area contributed by atoms with Crippen molar-refractivity contribution in [3.05, 3.63) is 70.3 Å². The maximum atomic E-state index is 12.3. The van der Waals surface area contributed by atoms with Crippen LogP contribution in [0.1, 0.15) is 11.3 Å². The number of hydrogen-bond donors (Lipinski definition) is 0. The van der Waals surface area contributed by atoms with Crippen LogP contribution in [0.15, 0.2) is 58.6 Å². The van der Waals surface area contributed by atoms with Gasteiger partial charge in [-0.1, -0.05) is 17.8 Å². The van der Waals surface area contributed by atoms with Crippen LogP contribution in [0.2, 0.25) is 0 Å². The van der Waals surface area contributed by atoms with E-state index in [0.717, 1.165) is 5.56 Å². The Labute approximate surface area is 171 Å². The Morgan fingerprint density at radius 3 is 2.67 bits per heavy atom. The minimum absolute atomic E-state index is 0.195. The topological polar surface area (TPSA) is 87.2 Å². The van der Waals surface area contributed by atoms with Crippen LogP contribution in [0.5, 0.6) is 5.75 Å². The van der Waals surface area contributed by atoms with Crippen LogP contribution < -0.4 is 10.3 Å². The number of tetrazole rings is 1. The lowest BCUT2D eigenvalue weighted by Crippen LogP contribution is -2.17. The van der Waals surface area contributed by atoms with Gasteiger partial charge in [-0.05, 0) is 53.2 Å². The van der Waals surface area contributed by atoms with Crippen molar-refractivity contribution in [3.8, 4) is 11.4 Å². The highest BCUT2D eigenvalue weighted by Gasteiger charge is 2.31. The van der Waals surface area contributed by atoms with Crippen molar-refractivity contribution in [1.82, 2.24) is 29.6 Å². The van der Waals surface area contributed by atoms with Crippen LogP contribution in [0, 0.1) is 6.92 Å². The predicted octanol–water partition coefficient (Wildman–Crippen LogP) is 3.17. The van der Waals surface area contributed by atoms with Crippen LogP contribution in [-0.2, 0) is 5.75 Å². The van der Waals surface area contributed by atoms with Crippen LogP contribution in [0.3, 0.4) is 0 Å². The Balaban J connectivity index is 1.54. The maximum Gasteiger partial charge on any atom is 0.573 e. The molecule has 0 saturated heterocycles. The third-order valence-electron chi connectivity index (χ3n) is 4.04. The number of thioether (sulfide) groups is 1. The van der Waals surface area contributed by atoms with Gasteiger partial charge in [0, 0.05) is 18.0 Å².